The standard InChI is InChI=1S/C17H26F3N/c1-4-5-9-12-16(2,3)13-21-15(17(18,19)20)14-10-7-6-8-11-14/h6-8,10-11,15,21H,4-5,9,12-13H2,1-3H3. The summed E-state index contributed by atoms with van der Waals surface area (Å²) in [7, 11) is 0. The van der Waals surface area contributed by atoms with Crippen LogP contribution in [0.2, 0.25) is 0 Å². The first-order chi connectivity index (χ1) is 9.76. The molecule has 0 aromatic heterocycles. The van der Waals surface area contributed by atoms with E-state index in [9.17, 15) is 13.2 Å². The maximum atomic E-state index is 13.2. The molecule has 0 fully saturated rings. The Morgan fingerprint density at radius 1 is 1.05 bits per heavy atom. The molecule has 0 spiro atoms. The van der Waals surface area contributed by atoms with Crippen LogP contribution in [0.5, 0.6) is 0 Å². The Bertz CT molecular complexity index is 398. The summed E-state index contributed by atoms with van der Waals surface area (Å²) in [5.41, 5.74) is 0.141. The fourth-order valence-corrected chi connectivity index (χ4v) is 2.39. The van der Waals surface area contributed by atoms with E-state index in [-0.39, 0.29) is 11.0 Å². The van der Waals surface area contributed by atoms with Gasteiger partial charge in [0, 0.05) is 6.54 Å². The number of hydrogen-bond donors (Lipinski definition) is 1. The first-order valence-corrected chi connectivity index (χ1v) is 7.61. The van der Waals surface area contributed by atoms with Crippen molar-refractivity contribution in [1.29, 1.82) is 0 Å². The molecule has 0 bridgehead atoms. The van der Waals surface area contributed by atoms with Crippen LogP contribution in [0, 0.1) is 5.41 Å². The normalized spacial score (nSPS) is 14.2. The van der Waals surface area contributed by atoms with E-state index in [0.717, 1.165) is 25.7 Å². The van der Waals surface area contributed by atoms with E-state index in [1.165, 1.54) is 12.1 Å². The van der Waals surface area contributed by atoms with Crippen molar-refractivity contribution in [3.8, 4) is 0 Å². The van der Waals surface area contributed by atoms with Crippen molar-refractivity contribution in [2.24, 2.45) is 5.41 Å². The Morgan fingerprint density at radius 2 is 1.67 bits per heavy atom. The van der Waals surface area contributed by atoms with Crippen LogP contribution >= 0.6 is 0 Å². The van der Waals surface area contributed by atoms with Crippen LogP contribution in [-0.2, 0) is 0 Å². The third-order valence-electron chi connectivity index (χ3n) is 3.70. The molecular weight excluding hydrogens is 275 g/mol. The number of nitrogens with one attached hydrogen (secondary N) is 1. The van der Waals surface area contributed by atoms with E-state index < -0.39 is 12.2 Å². The predicted octanol–water partition coefficient (Wildman–Crippen LogP) is 5.49. The van der Waals surface area contributed by atoms with Gasteiger partial charge < -0.3 is 5.32 Å². The van der Waals surface area contributed by atoms with Gasteiger partial charge in [-0.1, -0.05) is 70.4 Å². The number of rotatable bonds is 8. The number of alkyl halides is 3. The second-order valence-electron chi connectivity index (χ2n) is 6.39. The van der Waals surface area contributed by atoms with E-state index in [0.29, 0.717) is 6.54 Å². The van der Waals surface area contributed by atoms with Gasteiger partial charge in [-0.3, -0.25) is 0 Å². The summed E-state index contributed by atoms with van der Waals surface area (Å²) < 4.78 is 39.7. The van der Waals surface area contributed by atoms with Crippen LogP contribution in [0.4, 0.5) is 13.2 Å². The highest BCUT2D eigenvalue weighted by molar-refractivity contribution is 5.20. The van der Waals surface area contributed by atoms with Gasteiger partial charge in [0.05, 0.1) is 0 Å². The van der Waals surface area contributed by atoms with Gasteiger partial charge in [-0.15, -0.1) is 0 Å². The third-order valence-corrected chi connectivity index (χ3v) is 3.70. The Labute approximate surface area is 125 Å². The van der Waals surface area contributed by atoms with Crippen molar-refractivity contribution in [2.75, 3.05) is 6.54 Å². The van der Waals surface area contributed by atoms with E-state index in [2.05, 4.69) is 12.2 Å². The van der Waals surface area contributed by atoms with Crippen molar-refractivity contribution >= 4 is 0 Å². The van der Waals surface area contributed by atoms with Gasteiger partial charge in [-0.05, 0) is 17.4 Å². The molecule has 0 amide bonds. The van der Waals surface area contributed by atoms with Crippen LogP contribution in [-0.4, -0.2) is 12.7 Å². The molecule has 0 aliphatic heterocycles. The Kier molecular flexibility index (Phi) is 6.72. The molecule has 1 nitrogen and oxygen atoms in total. The maximum absolute atomic E-state index is 13.2. The van der Waals surface area contributed by atoms with Crippen LogP contribution in [0.15, 0.2) is 30.3 Å². The summed E-state index contributed by atoms with van der Waals surface area (Å²) in [5, 5.41) is 2.72. The first kappa shape index (κ1) is 18.0. The fraction of sp³-hybridized carbons (Fsp3) is 0.647. The van der Waals surface area contributed by atoms with Crippen LogP contribution in [0.3, 0.4) is 0 Å². The minimum atomic E-state index is -4.28. The lowest BCUT2D eigenvalue weighted by Crippen LogP contribution is -2.39. The van der Waals surface area contributed by atoms with Gasteiger partial charge in [-0.2, -0.15) is 13.2 Å². The molecular formula is C17H26F3N. The van der Waals surface area contributed by atoms with Gasteiger partial charge in [0.1, 0.15) is 6.04 Å². The SMILES string of the molecule is CCCCCC(C)(C)CNC(c1ccccc1)C(F)(F)F. The van der Waals surface area contributed by atoms with Crippen LogP contribution in [0.25, 0.3) is 0 Å². The molecule has 21 heavy (non-hydrogen) atoms. The zero-order valence-electron chi connectivity index (χ0n) is 13.1. The predicted molar refractivity (Wildman–Crippen MR) is 81.2 cm³/mol. The number of benzene rings is 1. The second-order valence-corrected chi connectivity index (χ2v) is 6.39. The molecule has 1 unspecified atom stereocenters. The highest BCUT2D eigenvalue weighted by atomic mass is 19.4. The number of halogens is 3. The summed E-state index contributed by atoms with van der Waals surface area (Å²) in [6.45, 7) is 6.53. The molecule has 1 atom stereocenters. The third kappa shape index (κ3) is 6.51. The second kappa shape index (κ2) is 7.83. The number of hydrogen-bond acceptors (Lipinski definition) is 1. The zero-order valence-corrected chi connectivity index (χ0v) is 13.1. The van der Waals surface area contributed by atoms with Gasteiger partial charge in [-0.25, -0.2) is 0 Å². The van der Waals surface area contributed by atoms with Crippen molar-refractivity contribution < 1.29 is 13.2 Å². The van der Waals surface area contributed by atoms with Crippen molar-refractivity contribution in [1.82, 2.24) is 5.32 Å². The molecule has 4 heteroatoms. The molecule has 0 aliphatic carbocycles. The topological polar surface area (TPSA) is 12.0 Å². The van der Waals surface area contributed by atoms with Gasteiger partial charge >= 0.3 is 6.18 Å². The maximum Gasteiger partial charge on any atom is 0.407 e. The highest BCUT2D eigenvalue weighted by Gasteiger charge is 2.41. The average molecular weight is 301 g/mol. The zero-order chi connectivity index (χ0) is 15.9. The monoisotopic (exact) mass is 301 g/mol. The Balaban J connectivity index is 2.67. The number of unbranched alkanes of at least 4 members (excludes halogenated alkanes) is 2. The lowest BCUT2D eigenvalue weighted by molar-refractivity contribution is -0.158. The lowest BCUT2D eigenvalue weighted by Gasteiger charge is -2.29. The summed E-state index contributed by atoms with van der Waals surface area (Å²) in [6, 6.07) is 6.46. The molecule has 0 aliphatic rings. The minimum absolute atomic E-state index is 0.131. The molecule has 0 radical (unpaired) electrons. The molecule has 1 N–H and O–H groups in total. The summed E-state index contributed by atoms with van der Waals surface area (Å²) in [5.74, 6) is 0. The molecule has 1 aromatic rings. The Hall–Kier alpha value is -1.03. The van der Waals surface area contributed by atoms with Crippen LogP contribution < -0.4 is 5.32 Å². The minimum Gasteiger partial charge on any atom is -0.302 e. The molecule has 0 saturated heterocycles. The highest BCUT2D eigenvalue weighted by Crippen LogP contribution is 2.34. The van der Waals surface area contributed by atoms with Crippen molar-refractivity contribution in [2.45, 2.75) is 58.7 Å². The van der Waals surface area contributed by atoms with E-state index >= 15 is 0 Å². The summed E-state index contributed by atoms with van der Waals surface area (Å²) in [4.78, 5) is 0. The fourth-order valence-electron chi connectivity index (χ4n) is 2.39. The molecule has 120 valence electrons. The Morgan fingerprint density at radius 3 is 2.19 bits per heavy atom. The van der Waals surface area contributed by atoms with Gasteiger partial charge in [0.2, 0.25) is 0 Å². The summed E-state index contributed by atoms with van der Waals surface area (Å²) in [6.07, 6.45) is -0.0230. The molecule has 1 aromatic carbocycles. The quantitative estimate of drug-likeness (QED) is 0.626. The molecule has 1 rings (SSSR count). The molecule has 0 heterocycles. The average Bonchev–Trinajstić information content (AvgIpc) is 2.38. The smallest absolute Gasteiger partial charge is 0.302 e. The largest absolute Gasteiger partial charge is 0.407 e. The van der Waals surface area contributed by atoms with Crippen molar-refractivity contribution in [3.05, 3.63) is 35.9 Å². The van der Waals surface area contributed by atoms with Crippen LogP contribution in [0.1, 0.15) is 58.1 Å². The van der Waals surface area contributed by atoms with Crippen molar-refractivity contribution in [3.63, 3.8) is 0 Å². The lowest BCUT2D eigenvalue weighted by atomic mass is 9.86. The van der Waals surface area contributed by atoms with Gasteiger partial charge in [0.25, 0.3) is 0 Å². The van der Waals surface area contributed by atoms with E-state index in [1.54, 1.807) is 18.2 Å². The first-order valence-electron chi connectivity index (χ1n) is 7.61. The molecule has 0 saturated carbocycles. The summed E-state index contributed by atoms with van der Waals surface area (Å²) >= 11 is 0. The van der Waals surface area contributed by atoms with Gasteiger partial charge in [0.15, 0.2) is 0 Å². The van der Waals surface area contributed by atoms with E-state index in [4.69, 9.17) is 0 Å². The van der Waals surface area contributed by atoms with E-state index in [1.807, 2.05) is 13.8 Å².